The molecule has 1 heterocycles. The van der Waals surface area contributed by atoms with Gasteiger partial charge in [-0.15, -0.1) is 0 Å². The molecule has 0 atom stereocenters. The van der Waals surface area contributed by atoms with Crippen molar-refractivity contribution >= 4 is 5.78 Å². The Morgan fingerprint density at radius 2 is 2.31 bits per heavy atom. The fraction of sp³-hybridized carbons (Fsp3) is 0.692. The topological polar surface area (TPSA) is 34.9 Å². The van der Waals surface area contributed by atoms with Gasteiger partial charge in [0.2, 0.25) is 0 Å². The smallest absolute Gasteiger partial charge is 0.139 e. The van der Waals surface area contributed by atoms with E-state index < -0.39 is 0 Å². The van der Waals surface area contributed by atoms with Crippen LogP contribution in [-0.2, 0) is 17.8 Å². The molecule has 0 aromatic carbocycles. The summed E-state index contributed by atoms with van der Waals surface area (Å²) in [5.74, 6) is 1.05. The standard InChI is InChI=1S/C13H20N2O/c1-3-15-12(7-10(2)14-15)9-13(16)8-11-5-4-6-11/h7,11H,3-6,8-9H2,1-2H3. The normalized spacial score (nSPS) is 16.1. The lowest BCUT2D eigenvalue weighted by Crippen LogP contribution is -2.18. The van der Waals surface area contributed by atoms with Crippen molar-refractivity contribution in [1.82, 2.24) is 9.78 Å². The summed E-state index contributed by atoms with van der Waals surface area (Å²) in [6, 6.07) is 2.03. The lowest BCUT2D eigenvalue weighted by atomic mass is 9.81. The molecular weight excluding hydrogens is 200 g/mol. The van der Waals surface area contributed by atoms with Crippen LogP contribution in [0.2, 0.25) is 0 Å². The van der Waals surface area contributed by atoms with Gasteiger partial charge in [0.05, 0.1) is 5.69 Å². The van der Waals surface area contributed by atoms with Gasteiger partial charge in [-0.3, -0.25) is 9.48 Å². The summed E-state index contributed by atoms with van der Waals surface area (Å²) < 4.78 is 1.94. The minimum Gasteiger partial charge on any atom is -0.299 e. The number of aryl methyl sites for hydroxylation is 2. The molecule has 1 fully saturated rings. The highest BCUT2D eigenvalue weighted by Gasteiger charge is 2.21. The molecule has 3 heteroatoms. The Bertz CT molecular complexity index is 377. The van der Waals surface area contributed by atoms with Crippen LogP contribution >= 0.6 is 0 Å². The Labute approximate surface area is 96.8 Å². The molecule has 0 N–H and O–H groups in total. The van der Waals surface area contributed by atoms with E-state index in [0.717, 1.165) is 24.4 Å². The first-order chi connectivity index (χ1) is 7.69. The lowest BCUT2D eigenvalue weighted by molar-refractivity contribution is -0.120. The summed E-state index contributed by atoms with van der Waals surface area (Å²) >= 11 is 0. The summed E-state index contributed by atoms with van der Waals surface area (Å²) in [6.07, 6.45) is 5.14. The monoisotopic (exact) mass is 220 g/mol. The van der Waals surface area contributed by atoms with E-state index in [1.165, 1.54) is 19.3 Å². The molecule has 0 saturated heterocycles. The SMILES string of the molecule is CCn1nc(C)cc1CC(=O)CC1CCC1. The highest BCUT2D eigenvalue weighted by atomic mass is 16.1. The summed E-state index contributed by atoms with van der Waals surface area (Å²) in [5.41, 5.74) is 2.08. The van der Waals surface area contributed by atoms with E-state index >= 15 is 0 Å². The van der Waals surface area contributed by atoms with Crippen molar-refractivity contribution in [2.75, 3.05) is 0 Å². The molecular formula is C13H20N2O. The highest BCUT2D eigenvalue weighted by molar-refractivity contribution is 5.80. The maximum Gasteiger partial charge on any atom is 0.139 e. The average Bonchev–Trinajstić information content (AvgIpc) is 2.52. The van der Waals surface area contributed by atoms with Gasteiger partial charge in [-0.05, 0) is 25.8 Å². The second-order valence-electron chi connectivity index (χ2n) is 4.81. The van der Waals surface area contributed by atoms with Crippen molar-refractivity contribution in [2.45, 2.75) is 52.5 Å². The first-order valence-corrected chi connectivity index (χ1v) is 6.24. The fourth-order valence-corrected chi connectivity index (χ4v) is 2.31. The van der Waals surface area contributed by atoms with Gasteiger partial charge in [0.1, 0.15) is 5.78 Å². The molecule has 1 saturated carbocycles. The van der Waals surface area contributed by atoms with Crippen LogP contribution in [0.25, 0.3) is 0 Å². The molecule has 16 heavy (non-hydrogen) atoms. The van der Waals surface area contributed by atoms with Gasteiger partial charge in [0.15, 0.2) is 0 Å². The second-order valence-corrected chi connectivity index (χ2v) is 4.81. The van der Waals surface area contributed by atoms with Gasteiger partial charge in [-0.25, -0.2) is 0 Å². The summed E-state index contributed by atoms with van der Waals surface area (Å²) in [7, 11) is 0. The molecule has 3 nitrogen and oxygen atoms in total. The van der Waals surface area contributed by atoms with Gasteiger partial charge in [-0.1, -0.05) is 19.3 Å². The van der Waals surface area contributed by atoms with E-state index in [-0.39, 0.29) is 0 Å². The largest absolute Gasteiger partial charge is 0.299 e. The van der Waals surface area contributed by atoms with Crippen LogP contribution in [0.3, 0.4) is 0 Å². The number of nitrogens with zero attached hydrogens (tertiary/aromatic N) is 2. The molecule has 1 aromatic rings. The zero-order chi connectivity index (χ0) is 11.5. The number of hydrogen-bond acceptors (Lipinski definition) is 2. The summed E-state index contributed by atoms with van der Waals surface area (Å²) in [4.78, 5) is 11.9. The number of carbonyl (C=O) groups excluding carboxylic acids is 1. The van der Waals surface area contributed by atoms with Crippen molar-refractivity contribution in [1.29, 1.82) is 0 Å². The van der Waals surface area contributed by atoms with Crippen LogP contribution in [-0.4, -0.2) is 15.6 Å². The Morgan fingerprint density at radius 3 is 2.88 bits per heavy atom. The number of Topliss-reactive ketones (excluding diaryl/α,β-unsaturated/α-hetero) is 1. The molecule has 2 rings (SSSR count). The van der Waals surface area contributed by atoms with Crippen LogP contribution in [0.4, 0.5) is 0 Å². The maximum absolute atomic E-state index is 11.9. The molecule has 0 radical (unpaired) electrons. The van der Waals surface area contributed by atoms with Gasteiger partial charge >= 0.3 is 0 Å². The van der Waals surface area contributed by atoms with E-state index in [0.29, 0.717) is 18.1 Å². The van der Waals surface area contributed by atoms with E-state index in [9.17, 15) is 4.79 Å². The quantitative estimate of drug-likeness (QED) is 0.764. The fourth-order valence-electron chi connectivity index (χ4n) is 2.31. The van der Waals surface area contributed by atoms with E-state index in [1.54, 1.807) is 0 Å². The van der Waals surface area contributed by atoms with Crippen molar-refractivity contribution < 1.29 is 4.79 Å². The first kappa shape index (κ1) is 11.4. The highest BCUT2D eigenvalue weighted by Crippen LogP contribution is 2.29. The van der Waals surface area contributed by atoms with Crippen LogP contribution in [0.15, 0.2) is 6.07 Å². The molecule has 0 aliphatic heterocycles. The number of ketones is 1. The predicted molar refractivity (Wildman–Crippen MR) is 63.3 cm³/mol. The Morgan fingerprint density at radius 1 is 1.56 bits per heavy atom. The zero-order valence-electron chi connectivity index (χ0n) is 10.2. The van der Waals surface area contributed by atoms with Crippen LogP contribution < -0.4 is 0 Å². The third kappa shape index (κ3) is 2.52. The van der Waals surface area contributed by atoms with Crippen molar-refractivity contribution in [2.24, 2.45) is 5.92 Å². The van der Waals surface area contributed by atoms with Gasteiger partial charge in [0, 0.05) is 25.1 Å². The lowest BCUT2D eigenvalue weighted by Gasteiger charge is -2.24. The number of rotatable bonds is 5. The molecule has 0 unspecified atom stereocenters. The zero-order valence-corrected chi connectivity index (χ0v) is 10.2. The molecule has 1 aromatic heterocycles. The Kier molecular flexibility index (Phi) is 3.42. The van der Waals surface area contributed by atoms with E-state index in [1.807, 2.05) is 17.7 Å². The third-order valence-corrected chi connectivity index (χ3v) is 3.40. The molecule has 1 aliphatic carbocycles. The van der Waals surface area contributed by atoms with Crippen molar-refractivity contribution in [3.05, 3.63) is 17.5 Å². The summed E-state index contributed by atoms with van der Waals surface area (Å²) in [6.45, 7) is 4.89. The van der Waals surface area contributed by atoms with Gasteiger partial charge in [-0.2, -0.15) is 5.10 Å². The minimum absolute atomic E-state index is 0.374. The third-order valence-electron chi connectivity index (χ3n) is 3.40. The number of carbonyl (C=O) groups is 1. The maximum atomic E-state index is 11.9. The molecule has 1 aliphatic rings. The molecule has 88 valence electrons. The van der Waals surface area contributed by atoms with Gasteiger partial charge in [0.25, 0.3) is 0 Å². The van der Waals surface area contributed by atoms with Gasteiger partial charge < -0.3 is 0 Å². The second kappa shape index (κ2) is 4.81. The Balaban J connectivity index is 1.93. The number of aromatic nitrogens is 2. The first-order valence-electron chi connectivity index (χ1n) is 6.24. The number of hydrogen-bond donors (Lipinski definition) is 0. The Hall–Kier alpha value is -1.12. The minimum atomic E-state index is 0.374. The van der Waals surface area contributed by atoms with E-state index in [4.69, 9.17) is 0 Å². The predicted octanol–water partition coefficient (Wildman–Crippen LogP) is 2.51. The molecule has 0 amide bonds. The van der Waals surface area contributed by atoms with Crippen LogP contribution in [0, 0.1) is 12.8 Å². The summed E-state index contributed by atoms with van der Waals surface area (Å²) in [5, 5.41) is 4.36. The van der Waals surface area contributed by atoms with E-state index in [2.05, 4.69) is 12.0 Å². The van der Waals surface area contributed by atoms with Crippen LogP contribution in [0.1, 0.15) is 44.0 Å². The average molecular weight is 220 g/mol. The van der Waals surface area contributed by atoms with Crippen LogP contribution in [0.5, 0.6) is 0 Å². The molecule has 0 spiro atoms. The van der Waals surface area contributed by atoms with Crippen molar-refractivity contribution in [3.8, 4) is 0 Å². The van der Waals surface area contributed by atoms with Crippen molar-refractivity contribution in [3.63, 3.8) is 0 Å². The molecule has 0 bridgehead atoms.